The van der Waals surface area contributed by atoms with Gasteiger partial charge in [0.15, 0.2) is 5.71 Å². The maximum atomic E-state index is 7.08. The molecule has 0 fully saturated rings. The van der Waals surface area contributed by atoms with E-state index in [-0.39, 0.29) is 10.8 Å². The topological polar surface area (TPSA) is 24.7 Å². The van der Waals surface area contributed by atoms with Gasteiger partial charge in [-0.1, -0.05) is 74.0 Å². The Hall–Kier alpha value is -2.92. The number of rotatable bonds is 7. The van der Waals surface area contributed by atoms with Crippen LogP contribution in [0, 0.1) is 0 Å². The number of fused-ring (bicyclic) bond motifs is 2. The van der Waals surface area contributed by atoms with E-state index in [0.717, 1.165) is 24.3 Å². The maximum Gasteiger partial charge on any atom is 0.253 e. The van der Waals surface area contributed by atoms with Gasteiger partial charge in [0.2, 0.25) is 5.69 Å². The summed E-state index contributed by atoms with van der Waals surface area (Å²) in [7, 11) is 3.50. The van der Waals surface area contributed by atoms with Gasteiger partial charge in [-0.2, -0.15) is 4.58 Å². The van der Waals surface area contributed by atoms with Crippen molar-refractivity contribution in [1.29, 1.82) is 0 Å². The number of hydrogen-bond acceptors (Lipinski definition) is 3. The molecule has 5 heteroatoms. The van der Waals surface area contributed by atoms with Gasteiger partial charge in [0.25, 0.3) is 6.73 Å². The highest BCUT2D eigenvalue weighted by atomic mass is 35.5. The van der Waals surface area contributed by atoms with Gasteiger partial charge in [0, 0.05) is 53.8 Å². The standard InChI is InChI=1S/C34H40ClN2O2/c1-33(2)26-14-7-9-16-28(26)36(22-38-5)30(33)20-18-24-12-11-13-25(32(24)35)19-21-31-34(3,4)27-15-8-10-17-29(27)37(31)23-39-6/h7-10,14-21H,11-13,22-23H2,1-6H3/q+1. The van der Waals surface area contributed by atoms with Gasteiger partial charge >= 0.3 is 0 Å². The Morgan fingerprint density at radius 3 is 2.33 bits per heavy atom. The monoisotopic (exact) mass is 543 g/mol. The Morgan fingerprint density at radius 2 is 1.59 bits per heavy atom. The van der Waals surface area contributed by atoms with Gasteiger partial charge in [-0.15, -0.1) is 0 Å². The molecule has 0 unspecified atom stereocenters. The second-order valence-corrected chi connectivity index (χ2v) is 12.0. The van der Waals surface area contributed by atoms with Crippen LogP contribution in [0.15, 0.2) is 94.7 Å². The van der Waals surface area contributed by atoms with Crippen molar-refractivity contribution in [2.75, 3.05) is 32.6 Å². The Morgan fingerprint density at radius 1 is 0.872 bits per heavy atom. The van der Waals surface area contributed by atoms with Crippen LogP contribution in [0.4, 0.5) is 11.4 Å². The van der Waals surface area contributed by atoms with E-state index in [1.165, 1.54) is 45.1 Å². The zero-order valence-corrected chi connectivity index (χ0v) is 24.8. The smallest absolute Gasteiger partial charge is 0.253 e. The molecule has 1 aliphatic carbocycles. The summed E-state index contributed by atoms with van der Waals surface area (Å²) in [5, 5.41) is 0.869. The van der Waals surface area contributed by atoms with Gasteiger partial charge in [-0.25, -0.2) is 0 Å². The molecule has 0 atom stereocenters. The molecular formula is C34H40ClN2O2+. The van der Waals surface area contributed by atoms with Gasteiger partial charge in [0.1, 0.15) is 6.73 Å². The van der Waals surface area contributed by atoms with Gasteiger partial charge in [0.05, 0.1) is 5.41 Å². The van der Waals surface area contributed by atoms with Crippen LogP contribution >= 0.6 is 11.6 Å². The third-order valence-corrected chi connectivity index (χ3v) is 8.94. The summed E-state index contributed by atoms with van der Waals surface area (Å²) in [6.07, 6.45) is 12.0. The third kappa shape index (κ3) is 4.84. The van der Waals surface area contributed by atoms with Gasteiger partial charge in [-0.05, 0) is 62.0 Å². The van der Waals surface area contributed by atoms with E-state index in [4.69, 9.17) is 21.1 Å². The average molecular weight is 544 g/mol. The van der Waals surface area contributed by atoms with Crippen molar-refractivity contribution >= 4 is 28.7 Å². The summed E-state index contributed by atoms with van der Waals surface area (Å²) in [5.74, 6) is 0. The Kier molecular flexibility index (Phi) is 7.74. The number of allylic oxidation sites excluding steroid dienone is 8. The normalized spacial score (nSPS) is 22.0. The number of anilines is 1. The van der Waals surface area contributed by atoms with Crippen molar-refractivity contribution in [1.82, 2.24) is 0 Å². The van der Waals surface area contributed by atoms with Crippen LogP contribution in [0.1, 0.15) is 58.1 Å². The lowest BCUT2D eigenvalue weighted by Gasteiger charge is -2.26. The van der Waals surface area contributed by atoms with Crippen LogP contribution in [0.3, 0.4) is 0 Å². The predicted octanol–water partition coefficient (Wildman–Crippen LogP) is 8.11. The molecule has 2 aliphatic heterocycles. The quantitative estimate of drug-likeness (QED) is 0.330. The summed E-state index contributed by atoms with van der Waals surface area (Å²) in [4.78, 5) is 2.27. The molecule has 0 amide bonds. The molecule has 4 nitrogen and oxygen atoms in total. The summed E-state index contributed by atoms with van der Waals surface area (Å²) in [6, 6.07) is 17.2. The number of para-hydroxylation sites is 2. The molecule has 5 rings (SSSR count). The number of halogens is 1. The second kappa shape index (κ2) is 10.9. The zero-order valence-electron chi connectivity index (χ0n) is 24.1. The minimum Gasteiger partial charge on any atom is -0.364 e. The van der Waals surface area contributed by atoms with Crippen molar-refractivity contribution in [2.24, 2.45) is 0 Å². The van der Waals surface area contributed by atoms with Crippen LogP contribution in [0.25, 0.3) is 0 Å². The summed E-state index contributed by atoms with van der Waals surface area (Å²) >= 11 is 7.08. The first-order valence-corrected chi connectivity index (χ1v) is 14.2. The Labute approximate surface area is 238 Å². The SMILES string of the molecule is COCN1C(=C/C=C2\CCCC(C=CC3=[N+](COC)c4ccccc4C3(C)C)=C2Cl)C(C)(C)c2ccccc21. The molecule has 0 spiro atoms. The van der Waals surface area contributed by atoms with E-state index in [0.29, 0.717) is 13.5 Å². The molecule has 0 saturated carbocycles. The summed E-state index contributed by atoms with van der Waals surface area (Å²) in [6.45, 7) is 10.2. The fourth-order valence-corrected chi connectivity index (χ4v) is 6.70. The van der Waals surface area contributed by atoms with Gasteiger partial charge in [-0.3, -0.25) is 0 Å². The Balaban J connectivity index is 1.49. The van der Waals surface area contributed by atoms with Gasteiger partial charge < -0.3 is 14.4 Å². The predicted molar refractivity (Wildman–Crippen MR) is 162 cm³/mol. The first kappa shape index (κ1) is 27.6. The lowest BCUT2D eigenvalue weighted by atomic mass is 9.81. The molecule has 39 heavy (non-hydrogen) atoms. The highest BCUT2D eigenvalue weighted by molar-refractivity contribution is 6.32. The third-order valence-electron chi connectivity index (χ3n) is 8.46. The van der Waals surface area contributed by atoms with E-state index >= 15 is 0 Å². The molecule has 0 aromatic heterocycles. The first-order valence-electron chi connectivity index (χ1n) is 13.8. The largest absolute Gasteiger partial charge is 0.364 e. The van der Waals surface area contributed by atoms with Crippen molar-refractivity contribution < 1.29 is 14.0 Å². The van der Waals surface area contributed by atoms with Crippen LogP contribution in [-0.4, -0.2) is 38.0 Å². The number of benzene rings is 2. The average Bonchev–Trinajstić information content (AvgIpc) is 3.27. The van der Waals surface area contributed by atoms with Crippen molar-refractivity contribution in [3.05, 3.63) is 106 Å². The highest BCUT2D eigenvalue weighted by Gasteiger charge is 2.44. The molecule has 0 radical (unpaired) electrons. The van der Waals surface area contributed by atoms with Crippen molar-refractivity contribution in [3.8, 4) is 0 Å². The van der Waals surface area contributed by atoms with E-state index in [2.05, 4.69) is 110 Å². The molecular weight excluding hydrogens is 504 g/mol. The second-order valence-electron chi connectivity index (χ2n) is 11.6. The minimum absolute atomic E-state index is 0.121. The van der Waals surface area contributed by atoms with E-state index in [9.17, 15) is 0 Å². The summed E-state index contributed by atoms with van der Waals surface area (Å²) in [5.41, 5.74) is 9.63. The van der Waals surface area contributed by atoms with Crippen molar-refractivity contribution in [2.45, 2.75) is 57.8 Å². The van der Waals surface area contributed by atoms with Crippen LogP contribution in [-0.2, 0) is 20.3 Å². The molecule has 0 N–H and O–H groups in total. The number of ether oxygens (including phenoxy) is 2. The molecule has 3 aliphatic rings. The lowest BCUT2D eigenvalue weighted by molar-refractivity contribution is -0.485. The number of methoxy groups -OCH3 is 2. The van der Waals surface area contributed by atoms with E-state index < -0.39 is 0 Å². The minimum atomic E-state index is -0.121. The van der Waals surface area contributed by atoms with Crippen LogP contribution < -0.4 is 4.90 Å². The summed E-state index contributed by atoms with van der Waals surface area (Å²) < 4.78 is 13.4. The number of nitrogens with zero attached hydrogens (tertiary/aromatic N) is 2. The van der Waals surface area contributed by atoms with E-state index in [1.54, 1.807) is 14.2 Å². The molecule has 2 aromatic rings. The fourth-order valence-electron chi connectivity index (χ4n) is 6.39. The maximum absolute atomic E-state index is 7.08. The molecule has 0 bridgehead atoms. The molecule has 204 valence electrons. The van der Waals surface area contributed by atoms with Crippen LogP contribution in [0.5, 0.6) is 0 Å². The fraction of sp³-hybridized carbons (Fsp3) is 0.382. The molecule has 0 saturated heterocycles. The molecule has 2 aromatic carbocycles. The first-order chi connectivity index (χ1) is 18.7. The van der Waals surface area contributed by atoms with Crippen LogP contribution in [0.2, 0.25) is 0 Å². The highest BCUT2D eigenvalue weighted by Crippen LogP contribution is 2.48. The lowest BCUT2D eigenvalue weighted by Crippen LogP contribution is -2.28. The molecule has 2 heterocycles. The Bertz CT molecular complexity index is 1420. The zero-order chi connectivity index (χ0) is 27.8. The number of hydrogen-bond donors (Lipinski definition) is 0. The van der Waals surface area contributed by atoms with Crippen molar-refractivity contribution in [3.63, 3.8) is 0 Å². The van der Waals surface area contributed by atoms with E-state index in [1.807, 2.05) is 0 Å².